The number of rotatable bonds is 2. The molecule has 0 amide bonds. The van der Waals surface area contributed by atoms with Crippen molar-refractivity contribution < 1.29 is 9.90 Å². The zero-order valence-corrected chi connectivity index (χ0v) is 4.22. The second-order valence-electron chi connectivity index (χ2n) is 1.14. The van der Waals surface area contributed by atoms with Crippen molar-refractivity contribution in [3.05, 3.63) is 12.3 Å². The average Bonchev–Trinajstić information content (AvgIpc) is 1.68. The Morgan fingerprint density at radius 2 is 2.25 bits per heavy atom. The molecule has 0 aromatic rings. The van der Waals surface area contributed by atoms with E-state index >= 15 is 0 Å². The van der Waals surface area contributed by atoms with Crippen molar-refractivity contribution >= 4 is 35.3 Å². The Morgan fingerprint density at radius 3 is 2.38 bits per heavy atom. The summed E-state index contributed by atoms with van der Waals surface area (Å²) >= 11 is 0. The van der Waals surface area contributed by atoms with E-state index in [2.05, 4.69) is 0 Å². The van der Waals surface area contributed by atoms with Crippen LogP contribution in [0.4, 0.5) is 0 Å². The molecule has 0 fully saturated rings. The van der Waals surface area contributed by atoms with Gasteiger partial charge in [0.2, 0.25) is 0 Å². The van der Waals surface area contributed by atoms with Crippen molar-refractivity contribution in [1.29, 1.82) is 0 Å². The second kappa shape index (κ2) is 7.21. The van der Waals surface area contributed by atoms with E-state index < -0.39 is 0 Å². The summed E-state index contributed by atoms with van der Waals surface area (Å²) in [4.78, 5) is 10.2. The number of aliphatic hydroxyl groups is 1. The number of ketones is 1. The van der Waals surface area contributed by atoms with E-state index in [1.807, 2.05) is 0 Å². The number of aliphatic hydroxyl groups excluding tert-OH is 1. The molecule has 0 rings (SSSR count). The van der Waals surface area contributed by atoms with E-state index in [4.69, 9.17) is 5.11 Å². The Kier molecular flexibility index (Phi) is 9.97. The normalized spacial score (nSPS) is 8.62. The molecule has 0 heterocycles. The fraction of sp³-hybridized carbons (Fsp3) is 0.400. The van der Waals surface area contributed by atoms with Crippen LogP contribution < -0.4 is 0 Å². The fourth-order valence-corrected chi connectivity index (χ4v) is 0.201. The van der Waals surface area contributed by atoms with Crippen LogP contribution in [-0.2, 0) is 4.79 Å². The third kappa shape index (κ3) is 6.21. The van der Waals surface area contributed by atoms with Crippen LogP contribution in [0.1, 0.15) is 13.3 Å². The molecule has 0 aromatic carbocycles. The van der Waals surface area contributed by atoms with Gasteiger partial charge in [-0.1, -0.05) is 6.92 Å². The molecule has 0 unspecified atom stereocenters. The molecule has 0 aliphatic rings. The Hall–Kier alpha value is 0.210. The van der Waals surface area contributed by atoms with Gasteiger partial charge in [0, 0.05) is 12.5 Å². The van der Waals surface area contributed by atoms with Gasteiger partial charge in [0.15, 0.2) is 5.78 Å². The third-order valence-corrected chi connectivity index (χ3v) is 0.609. The Bertz CT molecular complexity index is 88.4. The molecule has 0 saturated heterocycles. The maximum absolute atomic E-state index is 10.2. The molecule has 1 N–H and O–H groups in total. The number of carbonyl (C=O) groups excluding carboxylic acids is 1. The van der Waals surface area contributed by atoms with Gasteiger partial charge in [-0.2, -0.15) is 0 Å². The third-order valence-electron chi connectivity index (χ3n) is 0.609. The summed E-state index contributed by atoms with van der Waals surface area (Å²) in [6, 6.07) is 0. The van der Waals surface area contributed by atoms with Crippen LogP contribution in [0.2, 0.25) is 0 Å². The summed E-state index contributed by atoms with van der Waals surface area (Å²) in [5.74, 6) is -0.0532. The van der Waals surface area contributed by atoms with Crippen molar-refractivity contribution in [3.8, 4) is 0 Å². The van der Waals surface area contributed by atoms with Crippen LogP contribution in [0, 0.1) is 0 Å². The molecule has 3 heteroatoms. The molecule has 42 valence electrons. The number of hydrogen-bond donors (Lipinski definition) is 1. The van der Waals surface area contributed by atoms with Gasteiger partial charge in [0.25, 0.3) is 0 Å². The average molecular weight is 124 g/mol. The Balaban J connectivity index is 0. The molecule has 0 bridgehead atoms. The predicted octanol–water partition coefficient (Wildman–Crippen LogP) is 0.389. The van der Waals surface area contributed by atoms with Crippen molar-refractivity contribution in [3.63, 3.8) is 0 Å². The molecule has 0 aliphatic carbocycles. The quantitative estimate of drug-likeness (QED) is 0.328. The van der Waals surface area contributed by atoms with Crippen LogP contribution >= 0.6 is 0 Å². The first-order valence-corrected chi connectivity index (χ1v) is 2.14. The minimum absolute atomic E-state index is 0. The Morgan fingerprint density at radius 1 is 1.75 bits per heavy atom. The predicted molar refractivity (Wildman–Crippen MR) is 34.2 cm³/mol. The van der Waals surface area contributed by atoms with Gasteiger partial charge in [0.05, 0.1) is 6.26 Å². The molecule has 0 spiro atoms. The van der Waals surface area contributed by atoms with Crippen LogP contribution in [0.15, 0.2) is 12.3 Å². The van der Waals surface area contributed by atoms with Crippen LogP contribution in [-0.4, -0.2) is 40.4 Å². The van der Waals surface area contributed by atoms with Gasteiger partial charge in [-0.25, -0.2) is 0 Å². The first-order valence-electron chi connectivity index (χ1n) is 2.14. The van der Waals surface area contributed by atoms with E-state index in [1.165, 1.54) is 0 Å². The van der Waals surface area contributed by atoms with Crippen LogP contribution in [0.5, 0.6) is 0 Å². The number of allylic oxidation sites excluding steroid dienone is 1. The number of carbonyl (C=O) groups is 1. The van der Waals surface area contributed by atoms with Crippen LogP contribution in [0.3, 0.4) is 0 Å². The fourth-order valence-electron chi connectivity index (χ4n) is 0.201. The van der Waals surface area contributed by atoms with E-state index in [-0.39, 0.29) is 35.3 Å². The van der Waals surface area contributed by atoms with Crippen molar-refractivity contribution in [2.24, 2.45) is 0 Å². The molecule has 0 radical (unpaired) electrons. The second-order valence-corrected chi connectivity index (χ2v) is 1.14. The van der Waals surface area contributed by atoms with Crippen molar-refractivity contribution in [1.82, 2.24) is 0 Å². The first-order chi connectivity index (χ1) is 3.31. The van der Waals surface area contributed by atoms with Crippen LogP contribution in [0.25, 0.3) is 0 Å². The molecule has 0 aromatic heterocycles. The Labute approximate surface area is 70.9 Å². The van der Waals surface area contributed by atoms with E-state index in [0.717, 1.165) is 12.3 Å². The van der Waals surface area contributed by atoms with Gasteiger partial charge >= 0.3 is 29.6 Å². The summed E-state index contributed by atoms with van der Waals surface area (Å²) in [5, 5.41) is 7.97. The SMILES string of the molecule is CCC(=O)/C=C/O.[NaH]. The van der Waals surface area contributed by atoms with Gasteiger partial charge < -0.3 is 5.11 Å². The minimum atomic E-state index is -0.0532. The van der Waals surface area contributed by atoms with Gasteiger partial charge in [-0.3, -0.25) is 4.79 Å². The van der Waals surface area contributed by atoms with E-state index in [0.29, 0.717) is 6.42 Å². The standard InChI is InChI=1S/C5H8O2.Na.H/c1-2-5(7)3-4-6;;/h3-4,6H,2H2,1H3;;/b4-3+;;. The molecule has 0 atom stereocenters. The molecule has 0 saturated carbocycles. The summed E-state index contributed by atoms with van der Waals surface area (Å²) in [6.07, 6.45) is 2.35. The molecular formula is C5H9NaO2. The molecule has 2 nitrogen and oxygen atoms in total. The zero-order valence-electron chi connectivity index (χ0n) is 4.22. The summed E-state index contributed by atoms with van der Waals surface area (Å²) < 4.78 is 0. The summed E-state index contributed by atoms with van der Waals surface area (Å²) in [7, 11) is 0. The van der Waals surface area contributed by atoms with Gasteiger partial charge in [0.1, 0.15) is 0 Å². The summed E-state index contributed by atoms with van der Waals surface area (Å²) in [6.45, 7) is 1.74. The summed E-state index contributed by atoms with van der Waals surface area (Å²) in [5.41, 5.74) is 0. The molecule has 0 aliphatic heterocycles. The zero-order chi connectivity index (χ0) is 5.70. The van der Waals surface area contributed by atoms with Gasteiger partial charge in [-0.15, -0.1) is 0 Å². The van der Waals surface area contributed by atoms with Crippen molar-refractivity contribution in [2.75, 3.05) is 0 Å². The van der Waals surface area contributed by atoms with E-state index in [9.17, 15) is 4.79 Å². The van der Waals surface area contributed by atoms with E-state index in [1.54, 1.807) is 6.92 Å². The van der Waals surface area contributed by atoms with Crippen molar-refractivity contribution in [2.45, 2.75) is 13.3 Å². The monoisotopic (exact) mass is 124 g/mol. The maximum atomic E-state index is 10.2. The molecular weight excluding hydrogens is 115 g/mol. The molecule has 8 heavy (non-hydrogen) atoms. The number of hydrogen-bond acceptors (Lipinski definition) is 2. The topological polar surface area (TPSA) is 37.3 Å². The first kappa shape index (κ1) is 11.1. The van der Waals surface area contributed by atoms with Gasteiger partial charge in [-0.05, 0) is 0 Å².